The third-order valence-corrected chi connectivity index (χ3v) is 4.80. The average molecular weight is 426 g/mol. The number of alkyl halides is 1. The molecule has 0 saturated heterocycles. The van der Waals surface area contributed by atoms with Crippen molar-refractivity contribution in [3.8, 4) is 0 Å². The summed E-state index contributed by atoms with van der Waals surface area (Å²) in [6.07, 6.45) is 7.64. The number of aryl methyl sites for hydroxylation is 1. The van der Waals surface area contributed by atoms with Gasteiger partial charge < -0.3 is 9.88 Å². The van der Waals surface area contributed by atoms with Crippen molar-refractivity contribution in [1.29, 1.82) is 0 Å². The van der Waals surface area contributed by atoms with E-state index < -0.39 is 11.7 Å². The van der Waals surface area contributed by atoms with E-state index in [2.05, 4.69) is 15.3 Å². The van der Waals surface area contributed by atoms with Crippen LogP contribution in [0.4, 0.5) is 5.69 Å². The number of hydrogen-bond acceptors (Lipinski definition) is 4. The Kier molecular flexibility index (Phi) is 6.31. The molecule has 0 spiro atoms. The van der Waals surface area contributed by atoms with E-state index in [0.717, 1.165) is 12.8 Å². The number of anilines is 1. The molecule has 9 heteroatoms. The third kappa shape index (κ3) is 4.24. The van der Waals surface area contributed by atoms with Crippen molar-refractivity contribution >= 4 is 63.2 Å². The smallest absolute Gasteiger partial charge is 0.296 e. The predicted octanol–water partition coefficient (Wildman–Crippen LogP) is 4.58. The van der Waals surface area contributed by atoms with E-state index in [1.807, 2.05) is 4.57 Å². The number of amides is 1. The van der Waals surface area contributed by atoms with Crippen LogP contribution in [-0.4, -0.2) is 32.1 Å². The Labute approximate surface area is 170 Å². The highest BCUT2D eigenvalue weighted by molar-refractivity contribution is 6.50. The topological polar surface area (TPSA) is 76.9 Å². The third-order valence-electron chi connectivity index (χ3n) is 3.96. The lowest BCUT2D eigenvalue weighted by Gasteiger charge is -2.07. The number of pyridine rings is 2. The Hall–Kier alpha value is -2.15. The fourth-order valence-electron chi connectivity index (χ4n) is 2.67. The number of rotatable bonds is 7. The summed E-state index contributed by atoms with van der Waals surface area (Å²) in [4.78, 5) is 33.4. The minimum Gasteiger partial charge on any atom is -0.332 e. The first kappa shape index (κ1) is 19.6. The summed E-state index contributed by atoms with van der Waals surface area (Å²) in [5.41, 5.74) is 1.06. The van der Waals surface area contributed by atoms with Crippen LogP contribution in [0.2, 0.25) is 10.0 Å². The monoisotopic (exact) mass is 424 g/mol. The lowest BCUT2D eigenvalue weighted by atomic mass is 10.1. The number of halogens is 3. The number of hydrogen-bond donors (Lipinski definition) is 1. The van der Waals surface area contributed by atoms with Crippen LogP contribution in [0.15, 0.2) is 36.9 Å². The van der Waals surface area contributed by atoms with E-state index in [9.17, 15) is 9.59 Å². The molecule has 0 aliphatic heterocycles. The number of nitrogens with one attached hydrogen (secondary N) is 1. The van der Waals surface area contributed by atoms with Crippen LogP contribution in [0.25, 0.3) is 11.0 Å². The number of unbranched alkanes of at least 4 members (excludes halogenated alkanes) is 1. The zero-order valence-electron chi connectivity index (χ0n) is 14.1. The minimum atomic E-state index is -0.839. The van der Waals surface area contributed by atoms with E-state index in [1.54, 1.807) is 24.5 Å². The second-order valence-corrected chi connectivity index (χ2v) is 6.96. The van der Waals surface area contributed by atoms with Gasteiger partial charge in [-0.3, -0.25) is 14.6 Å². The normalized spacial score (nSPS) is 10.9. The van der Waals surface area contributed by atoms with E-state index >= 15 is 0 Å². The molecule has 27 heavy (non-hydrogen) atoms. The molecule has 140 valence electrons. The Morgan fingerprint density at radius 2 is 1.89 bits per heavy atom. The first-order valence-corrected chi connectivity index (χ1v) is 9.46. The number of Topliss-reactive ketones (excluding diaryl/α,β-unsaturated/α-hetero) is 1. The highest BCUT2D eigenvalue weighted by Crippen LogP contribution is 2.29. The van der Waals surface area contributed by atoms with Crippen molar-refractivity contribution in [3.63, 3.8) is 0 Å². The summed E-state index contributed by atoms with van der Waals surface area (Å²) in [6, 6.07) is 3.48. The van der Waals surface area contributed by atoms with Gasteiger partial charge in [0.2, 0.25) is 0 Å². The molecule has 3 aromatic heterocycles. The molecular weight excluding hydrogens is 411 g/mol. The largest absolute Gasteiger partial charge is 0.332 e. The summed E-state index contributed by atoms with van der Waals surface area (Å²) in [5, 5.41) is 3.36. The van der Waals surface area contributed by atoms with Gasteiger partial charge >= 0.3 is 0 Å². The Bertz CT molecular complexity index is 983. The van der Waals surface area contributed by atoms with Gasteiger partial charge in [-0.05, 0) is 25.0 Å². The first-order chi connectivity index (χ1) is 13.0. The molecule has 0 aliphatic carbocycles. The van der Waals surface area contributed by atoms with Crippen LogP contribution in [0.1, 0.15) is 23.2 Å². The van der Waals surface area contributed by atoms with Gasteiger partial charge in [0, 0.05) is 42.6 Å². The van der Waals surface area contributed by atoms with Gasteiger partial charge in [0.05, 0.1) is 21.3 Å². The summed E-state index contributed by atoms with van der Waals surface area (Å²) < 4.78 is 1.86. The lowest BCUT2D eigenvalue weighted by Crippen LogP contribution is -2.23. The number of ketones is 1. The van der Waals surface area contributed by atoms with Crippen molar-refractivity contribution < 1.29 is 9.59 Å². The molecule has 1 amide bonds. The SMILES string of the molecule is O=C(Nc1c(Cl)cncc1Cl)C(=O)c1cn(CCCCCl)c2ncccc12. The lowest BCUT2D eigenvalue weighted by molar-refractivity contribution is -0.112. The van der Waals surface area contributed by atoms with Gasteiger partial charge in [-0.2, -0.15) is 0 Å². The van der Waals surface area contributed by atoms with Gasteiger partial charge in [0.15, 0.2) is 0 Å². The van der Waals surface area contributed by atoms with Crippen LogP contribution in [0.3, 0.4) is 0 Å². The fraction of sp³-hybridized carbons (Fsp3) is 0.222. The summed E-state index contributed by atoms with van der Waals surface area (Å²) in [5.74, 6) is -0.976. The molecule has 0 aliphatic rings. The molecule has 0 fully saturated rings. The molecular formula is C18H15Cl3N4O2. The molecule has 0 unspecified atom stereocenters. The second-order valence-electron chi connectivity index (χ2n) is 5.77. The molecule has 6 nitrogen and oxygen atoms in total. The summed E-state index contributed by atoms with van der Waals surface area (Å²) >= 11 is 17.7. The van der Waals surface area contributed by atoms with E-state index in [0.29, 0.717) is 23.5 Å². The quantitative estimate of drug-likeness (QED) is 0.260. The van der Waals surface area contributed by atoms with Crippen LogP contribution in [-0.2, 0) is 11.3 Å². The molecule has 1 N–H and O–H groups in total. The van der Waals surface area contributed by atoms with Gasteiger partial charge in [-0.15, -0.1) is 11.6 Å². The van der Waals surface area contributed by atoms with E-state index in [1.165, 1.54) is 12.4 Å². The molecule has 0 bridgehead atoms. The number of carbonyl (C=O) groups is 2. The van der Waals surface area contributed by atoms with Crippen molar-refractivity contribution in [2.75, 3.05) is 11.2 Å². The molecule has 3 heterocycles. The number of carbonyl (C=O) groups excluding carboxylic acids is 2. The predicted molar refractivity (Wildman–Crippen MR) is 107 cm³/mol. The standard InChI is InChI=1S/C18H15Cl3N4O2/c19-5-1-2-7-25-10-12(11-4-3-6-23-17(11)25)16(26)18(27)24-15-13(20)8-22-9-14(15)21/h3-4,6,8-10H,1-2,5,7H2,(H,22,24,27). The fourth-order valence-corrected chi connectivity index (χ4v) is 3.32. The first-order valence-electron chi connectivity index (χ1n) is 8.17. The molecule has 0 saturated carbocycles. The zero-order chi connectivity index (χ0) is 19.4. The average Bonchev–Trinajstić information content (AvgIpc) is 3.03. The second kappa shape index (κ2) is 8.69. The molecule has 0 aromatic carbocycles. The minimum absolute atomic E-state index is 0.147. The van der Waals surface area contributed by atoms with Crippen LogP contribution in [0, 0.1) is 0 Å². The van der Waals surface area contributed by atoms with E-state index in [4.69, 9.17) is 34.8 Å². The molecule has 3 aromatic rings. The molecule has 0 atom stereocenters. The van der Waals surface area contributed by atoms with Crippen LogP contribution in [0.5, 0.6) is 0 Å². The zero-order valence-corrected chi connectivity index (χ0v) is 16.4. The number of nitrogens with zero attached hydrogens (tertiary/aromatic N) is 3. The number of aromatic nitrogens is 3. The Balaban J connectivity index is 1.90. The van der Waals surface area contributed by atoms with Crippen molar-refractivity contribution in [1.82, 2.24) is 14.5 Å². The van der Waals surface area contributed by atoms with Crippen LogP contribution < -0.4 is 5.32 Å². The summed E-state index contributed by atoms with van der Waals surface area (Å²) in [6.45, 7) is 0.650. The highest BCUT2D eigenvalue weighted by Gasteiger charge is 2.23. The highest BCUT2D eigenvalue weighted by atomic mass is 35.5. The maximum Gasteiger partial charge on any atom is 0.296 e. The molecule has 3 rings (SSSR count). The van der Waals surface area contributed by atoms with Gasteiger partial charge in [-0.1, -0.05) is 23.2 Å². The molecule has 0 radical (unpaired) electrons. The van der Waals surface area contributed by atoms with Crippen LogP contribution >= 0.6 is 34.8 Å². The van der Waals surface area contributed by atoms with Crippen molar-refractivity contribution in [2.45, 2.75) is 19.4 Å². The van der Waals surface area contributed by atoms with Gasteiger partial charge in [0.25, 0.3) is 11.7 Å². The Morgan fingerprint density at radius 3 is 2.59 bits per heavy atom. The maximum atomic E-state index is 12.8. The Morgan fingerprint density at radius 1 is 1.15 bits per heavy atom. The van der Waals surface area contributed by atoms with Gasteiger partial charge in [-0.25, -0.2) is 4.98 Å². The van der Waals surface area contributed by atoms with Gasteiger partial charge in [0.1, 0.15) is 5.65 Å². The van der Waals surface area contributed by atoms with Crippen molar-refractivity contribution in [2.24, 2.45) is 0 Å². The van der Waals surface area contributed by atoms with Crippen molar-refractivity contribution in [3.05, 3.63) is 52.5 Å². The number of fused-ring (bicyclic) bond motifs is 1. The van der Waals surface area contributed by atoms with E-state index in [-0.39, 0.29) is 21.3 Å². The maximum absolute atomic E-state index is 12.8. The summed E-state index contributed by atoms with van der Waals surface area (Å²) in [7, 11) is 0.